The van der Waals surface area contributed by atoms with Crippen LogP contribution in [0.4, 0.5) is 5.69 Å². The molecule has 3 aromatic rings. The molecule has 0 spiro atoms. The van der Waals surface area contributed by atoms with Gasteiger partial charge in [-0.3, -0.25) is 4.79 Å². The predicted molar refractivity (Wildman–Crippen MR) is 110 cm³/mol. The second kappa shape index (κ2) is 9.26. The normalized spacial score (nSPS) is 10.8. The van der Waals surface area contributed by atoms with Gasteiger partial charge in [0.25, 0.3) is 5.91 Å². The summed E-state index contributed by atoms with van der Waals surface area (Å²) in [7, 11) is 1.26. The van der Waals surface area contributed by atoms with Crippen LogP contribution in [0.1, 0.15) is 21.9 Å². The molecule has 0 fully saturated rings. The number of carbonyl (C=O) groups excluding carboxylic acids is 2. The maximum absolute atomic E-state index is 12.6. The Morgan fingerprint density at radius 1 is 1.10 bits per heavy atom. The van der Waals surface area contributed by atoms with Crippen molar-refractivity contribution in [1.82, 2.24) is 0 Å². The fraction of sp³-hybridized carbons (Fsp3) is 0.0870. The Morgan fingerprint density at radius 3 is 2.50 bits per heavy atom. The highest BCUT2D eigenvalue weighted by molar-refractivity contribution is 6.10. The van der Waals surface area contributed by atoms with Gasteiger partial charge in [0.1, 0.15) is 34.5 Å². The van der Waals surface area contributed by atoms with Gasteiger partial charge in [0.15, 0.2) is 5.75 Å². The van der Waals surface area contributed by atoms with Crippen molar-refractivity contribution >= 4 is 23.6 Å². The van der Waals surface area contributed by atoms with E-state index >= 15 is 0 Å². The molecule has 2 aromatic carbocycles. The molecular weight excluding hydrogens is 384 g/mol. The average molecular weight is 402 g/mol. The first kappa shape index (κ1) is 20.4. The van der Waals surface area contributed by atoms with Crippen LogP contribution in [0, 0.1) is 18.3 Å². The Morgan fingerprint density at radius 2 is 1.80 bits per heavy atom. The summed E-state index contributed by atoms with van der Waals surface area (Å²) < 4.78 is 15.9. The molecule has 0 unspecified atom stereocenters. The van der Waals surface area contributed by atoms with Gasteiger partial charge < -0.3 is 19.2 Å². The van der Waals surface area contributed by atoms with Gasteiger partial charge in [-0.25, -0.2) is 4.79 Å². The lowest BCUT2D eigenvalue weighted by Crippen LogP contribution is -2.14. The van der Waals surface area contributed by atoms with E-state index in [2.05, 4.69) is 10.1 Å². The number of hydrogen-bond acceptors (Lipinski definition) is 6. The number of methoxy groups -OCH3 is 1. The van der Waals surface area contributed by atoms with Crippen LogP contribution >= 0.6 is 0 Å². The van der Waals surface area contributed by atoms with Gasteiger partial charge in [0.05, 0.1) is 12.8 Å². The number of furan rings is 1. The Kier molecular flexibility index (Phi) is 6.30. The van der Waals surface area contributed by atoms with Crippen molar-refractivity contribution in [2.24, 2.45) is 0 Å². The zero-order valence-corrected chi connectivity index (χ0v) is 16.3. The minimum Gasteiger partial charge on any atom is -0.465 e. The lowest BCUT2D eigenvalue weighted by Gasteiger charge is -2.11. The summed E-state index contributed by atoms with van der Waals surface area (Å²) in [6.07, 6.45) is 1.26. The van der Waals surface area contributed by atoms with Crippen molar-refractivity contribution in [2.45, 2.75) is 6.92 Å². The molecule has 1 N–H and O–H groups in total. The summed E-state index contributed by atoms with van der Waals surface area (Å²) >= 11 is 0. The second-order valence-electron chi connectivity index (χ2n) is 6.15. The van der Waals surface area contributed by atoms with Gasteiger partial charge in [-0.05, 0) is 37.3 Å². The van der Waals surface area contributed by atoms with Gasteiger partial charge in [0.2, 0.25) is 0 Å². The van der Waals surface area contributed by atoms with Crippen molar-refractivity contribution < 1.29 is 23.5 Å². The summed E-state index contributed by atoms with van der Waals surface area (Å²) in [5.41, 5.74) is 0.427. The third kappa shape index (κ3) is 4.75. The number of amides is 1. The van der Waals surface area contributed by atoms with E-state index in [0.717, 1.165) is 0 Å². The van der Waals surface area contributed by atoms with Gasteiger partial charge in [0, 0.05) is 6.08 Å². The van der Waals surface area contributed by atoms with Crippen LogP contribution in [0.3, 0.4) is 0 Å². The van der Waals surface area contributed by atoms with Crippen molar-refractivity contribution in [3.63, 3.8) is 0 Å². The van der Waals surface area contributed by atoms with Crippen molar-refractivity contribution in [3.8, 4) is 17.6 Å². The first-order valence-corrected chi connectivity index (χ1v) is 8.95. The minimum absolute atomic E-state index is 0.188. The first-order valence-electron chi connectivity index (χ1n) is 8.95. The minimum atomic E-state index is -0.643. The van der Waals surface area contributed by atoms with Gasteiger partial charge >= 0.3 is 5.97 Å². The van der Waals surface area contributed by atoms with E-state index in [4.69, 9.17) is 9.15 Å². The second-order valence-corrected chi connectivity index (χ2v) is 6.15. The summed E-state index contributed by atoms with van der Waals surface area (Å²) in [5.74, 6) is 0.342. The molecule has 0 radical (unpaired) electrons. The molecule has 0 aliphatic carbocycles. The van der Waals surface area contributed by atoms with Crippen LogP contribution in [-0.2, 0) is 9.53 Å². The van der Waals surface area contributed by atoms with E-state index in [0.29, 0.717) is 22.9 Å². The number of nitrogens with zero attached hydrogens (tertiary/aromatic N) is 1. The molecular formula is C23H18N2O5. The van der Waals surface area contributed by atoms with E-state index in [9.17, 15) is 14.9 Å². The van der Waals surface area contributed by atoms with Gasteiger partial charge in [-0.15, -0.1) is 0 Å². The van der Waals surface area contributed by atoms with Crippen LogP contribution in [0.2, 0.25) is 0 Å². The van der Waals surface area contributed by atoms with Crippen molar-refractivity contribution in [3.05, 3.63) is 83.3 Å². The first-order chi connectivity index (χ1) is 14.5. The number of nitriles is 1. The van der Waals surface area contributed by atoms with Gasteiger partial charge in [-0.2, -0.15) is 5.26 Å². The number of benzene rings is 2. The van der Waals surface area contributed by atoms with E-state index < -0.39 is 11.9 Å². The monoisotopic (exact) mass is 402 g/mol. The third-order valence-corrected chi connectivity index (χ3v) is 4.10. The zero-order valence-electron chi connectivity index (χ0n) is 16.3. The number of aryl methyl sites for hydroxylation is 1. The molecule has 0 saturated carbocycles. The summed E-state index contributed by atoms with van der Waals surface area (Å²) in [6, 6.07) is 19.3. The Balaban J connectivity index is 1.82. The third-order valence-electron chi connectivity index (χ3n) is 4.10. The number of esters is 1. The van der Waals surface area contributed by atoms with Crippen LogP contribution < -0.4 is 10.1 Å². The standard InChI is InChI=1S/C23H18N2O5/c1-15-19(23(27)28-2)13-18(29-15)12-16(14-24)22(26)25-20-10-6-7-11-21(20)30-17-8-4-3-5-9-17/h3-13H,1-2H3,(H,25,26)/b16-12+. The molecule has 30 heavy (non-hydrogen) atoms. The Labute approximate surface area is 173 Å². The molecule has 150 valence electrons. The SMILES string of the molecule is COC(=O)c1cc(/C=C(\C#N)C(=O)Nc2ccccc2Oc2ccccc2)oc1C. The number of para-hydroxylation sites is 3. The zero-order chi connectivity index (χ0) is 21.5. The fourth-order valence-corrected chi connectivity index (χ4v) is 2.64. The quantitative estimate of drug-likeness (QED) is 0.364. The maximum Gasteiger partial charge on any atom is 0.341 e. The van der Waals surface area contributed by atoms with Crippen LogP contribution in [0.25, 0.3) is 6.08 Å². The highest BCUT2D eigenvalue weighted by Gasteiger charge is 2.17. The van der Waals surface area contributed by atoms with Crippen LogP contribution in [0.15, 0.2) is 70.7 Å². The van der Waals surface area contributed by atoms with Gasteiger partial charge in [-0.1, -0.05) is 30.3 Å². The highest BCUT2D eigenvalue weighted by Crippen LogP contribution is 2.29. The van der Waals surface area contributed by atoms with E-state index in [-0.39, 0.29) is 16.9 Å². The number of hydrogen-bond donors (Lipinski definition) is 1. The fourth-order valence-electron chi connectivity index (χ4n) is 2.64. The summed E-state index contributed by atoms with van der Waals surface area (Å²) in [4.78, 5) is 24.3. The number of ether oxygens (including phenoxy) is 2. The smallest absolute Gasteiger partial charge is 0.341 e. The topological polar surface area (TPSA) is 102 Å². The number of anilines is 1. The number of nitrogens with one attached hydrogen (secondary N) is 1. The molecule has 7 heteroatoms. The molecule has 1 aromatic heterocycles. The molecule has 3 rings (SSSR count). The van der Waals surface area contributed by atoms with Crippen LogP contribution in [-0.4, -0.2) is 19.0 Å². The summed E-state index contributed by atoms with van der Waals surface area (Å²) in [6.45, 7) is 1.59. The maximum atomic E-state index is 12.6. The molecule has 0 aliphatic rings. The molecule has 1 heterocycles. The van der Waals surface area contributed by atoms with E-state index in [1.54, 1.807) is 43.3 Å². The summed E-state index contributed by atoms with van der Waals surface area (Å²) in [5, 5.41) is 12.1. The lowest BCUT2D eigenvalue weighted by molar-refractivity contribution is -0.112. The molecule has 7 nitrogen and oxygen atoms in total. The molecule has 0 aliphatic heterocycles. The highest BCUT2D eigenvalue weighted by atomic mass is 16.5. The molecule has 1 amide bonds. The number of rotatable bonds is 6. The largest absolute Gasteiger partial charge is 0.465 e. The predicted octanol–water partition coefficient (Wildman–Crippen LogP) is 4.71. The molecule has 0 atom stereocenters. The van der Waals surface area contributed by atoms with E-state index in [1.165, 1.54) is 19.3 Å². The molecule has 0 saturated heterocycles. The lowest BCUT2D eigenvalue weighted by atomic mass is 10.2. The van der Waals surface area contributed by atoms with Crippen molar-refractivity contribution in [1.29, 1.82) is 5.26 Å². The van der Waals surface area contributed by atoms with Crippen molar-refractivity contribution in [2.75, 3.05) is 12.4 Å². The van der Waals surface area contributed by atoms with Crippen LogP contribution in [0.5, 0.6) is 11.5 Å². The van der Waals surface area contributed by atoms with E-state index in [1.807, 2.05) is 24.3 Å². The average Bonchev–Trinajstić information content (AvgIpc) is 3.13. The Bertz CT molecular complexity index is 1140. The number of carbonyl (C=O) groups is 2. The Hall–Kier alpha value is -4.31. The molecule has 0 bridgehead atoms.